The van der Waals surface area contributed by atoms with Gasteiger partial charge in [0.05, 0.1) is 11.0 Å². The quantitative estimate of drug-likeness (QED) is 0.150. The first kappa shape index (κ1) is 34.6. The molecular formula is C54H39N3OSi2. The molecule has 60 heavy (non-hydrogen) atoms. The van der Waals surface area contributed by atoms with Gasteiger partial charge in [-0.25, -0.2) is 0 Å². The molecule has 0 atom stereocenters. The molecule has 0 aliphatic carbocycles. The van der Waals surface area contributed by atoms with Gasteiger partial charge in [-0.15, -0.1) is 0 Å². The normalized spacial score (nSPS) is 14.5. The summed E-state index contributed by atoms with van der Waals surface area (Å²) in [6.07, 6.45) is 0. The molecule has 1 fully saturated rings. The van der Waals surface area contributed by atoms with E-state index in [-0.39, 0.29) is 0 Å². The zero-order valence-electron chi connectivity index (χ0n) is 32.8. The monoisotopic (exact) mass is 801 g/mol. The lowest BCUT2D eigenvalue weighted by molar-refractivity contribution is 0.669. The third kappa shape index (κ3) is 4.83. The second-order valence-corrected chi connectivity index (χ2v) is 23.3. The largest absolute Gasteiger partial charge is 0.456 e. The molecule has 0 spiro atoms. The zero-order valence-corrected chi connectivity index (χ0v) is 34.8. The summed E-state index contributed by atoms with van der Waals surface area (Å²) < 4.78 is 14.8. The molecule has 284 valence electrons. The first-order valence-corrected chi connectivity index (χ1v) is 24.4. The van der Waals surface area contributed by atoms with Gasteiger partial charge in [0.15, 0.2) is 0 Å². The van der Waals surface area contributed by atoms with Crippen LogP contribution < -0.4 is 29.2 Å². The van der Waals surface area contributed by atoms with E-state index in [9.17, 15) is 0 Å². The summed E-state index contributed by atoms with van der Waals surface area (Å²) in [5, 5.41) is 10.1. The van der Waals surface area contributed by atoms with Crippen molar-refractivity contribution in [2.75, 3.05) is 8.46 Å². The molecule has 1 aliphatic heterocycles. The summed E-state index contributed by atoms with van der Waals surface area (Å²) in [6, 6.07) is 87.6. The predicted molar refractivity (Wildman–Crippen MR) is 255 cm³/mol. The molecule has 12 rings (SSSR count). The molecule has 2 aromatic heterocycles. The number of furan rings is 1. The van der Waals surface area contributed by atoms with Crippen LogP contribution in [0.3, 0.4) is 0 Å². The summed E-state index contributed by atoms with van der Waals surface area (Å²) in [5.41, 5.74) is 7.75. The fourth-order valence-corrected chi connectivity index (χ4v) is 25.4. The summed E-state index contributed by atoms with van der Waals surface area (Å²) >= 11 is 0. The maximum Gasteiger partial charge on any atom is 0.318 e. The van der Waals surface area contributed by atoms with E-state index < -0.39 is 16.8 Å². The van der Waals surface area contributed by atoms with E-state index in [1.54, 1.807) is 0 Å². The zero-order chi connectivity index (χ0) is 39.7. The second-order valence-electron chi connectivity index (χ2n) is 15.6. The number of anilines is 2. The molecule has 0 amide bonds. The summed E-state index contributed by atoms with van der Waals surface area (Å²) in [5.74, 6) is 0. The van der Waals surface area contributed by atoms with Crippen LogP contribution in [0.2, 0.25) is 0 Å². The third-order valence-electron chi connectivity index (χ3n) is 12.5. The number of aromatic nitrogens is 1. The summed E-state index contributed by atoms with van der Waals surface area (Å²) in [7, 11) is -6.40. The Hall–Kier alpha value is -7.39. The molecule has 11 aromatic rings. The van der Waals surface area contributed by atoms with Crippen LogP contribution in [0.25, 0.3) is 49.4 Å². The Labute approximate surface area is 350 Å². The van der Waals surface area contributed by atoms with E-state index in [1.807, 2.05) is 0 Å². The van der Waals surface area contributed by atoms with Crippen molar-refractivity contribution >= 4 is 92.7 Å². The molecule has 0 unspecified atom stereocenters. The molecule has 3 heterocycles. The standard InChI is InChI=1S/C54H39N3OSi2/c1-5-22-43(23-6-1)59(44-24-7-2-8-25-44)56(41-21-19-20-40(38-41)55-51-33-16-13-30-47(51)48-31-14-17-34-52(48)55)60(45-26-9-3-10-27-45,46-28-11-4-12-29-46)57(59)42-36-37-54-50(39-42)49-32-15-18-35-53(49)58-54/h1-39H. The van der Waals surface area contributed by atoms with Gasteiger partial charge in [0.1, 0.15) is 11.2 Å². The van der Waals surface area contributed by atoms with Crippen LogP contribution in [0, 0.1) is 0 Å². The van der Waals surface area contributed by atoms with Crippen LogP contribution in [-0.2, 0) is 0 Å². The van der Waals surface area contributed by atoms with Crippen molar-refractivity contribution in [2.45, 2.75) is 0 Å². The number of rotatable bonds is 7. The van der Waals surface area contributed by atoms with Gasteiger partial charge in [-0.2, -0.15) is 0 Å². The van der Waals surface area contributed by atoms with Crippen LogP contribution in [0.1, 0.15) is 0 Å². The molecule has 0 N–H and O–H groups in total. The Kier molecular flexibility index (Phi) is 7.85. The maximum absolute atomic E-state index is 6.47. The van der Waals surface area contributed by atoms with Crippen LogP contribution in [0.5, 0.6) is 0 Å². The number of fused-ring (bicyclic) bond motifs is 6. The predicted octanol–water partition coefficient (Wildman–Crippen LogP) is 10.5. The van der Waals surface area contributed by atoms with Gasteiger partial charge in [-0.1, -0.05) is 182 Å². The van der Waals surface area contributed by atoms with Crippen LogP contribution in [-0.4, -0.2) is 21.4 Å². The Morgan fingerprint density at radius 1 is 0.283 bits per heavy atom. The van der Waals surface area contributed by atoms with Crippen molar-refractivity contribution in [1.29, 1.82) is 0 Å². The fraction of sp³-hybridized carbons (Fsp3) is 0. The maximum atomic E-state index is 6.47. The molecule has 1 saturated heterocycles. The van der Waals surface area contributed by atoms with Gasteiger partial charge in [0.2, 0.25) is 0 Å². The average molecular weight is 802 g/mol. The first-order chi connectivity index (χ1) is 29.8. The SMILES string of the molecule is c1ccc([Si]2(c3ccccc3)N(c3cccc(-n4c5ccccc5c5ccccc54)c3)[Si](c3ccccc3)(c3ccccc3)N2c2ccc3oc4ccccc4c3c2)cc1. The molecule has 4 nitrogen and oxygen atoms in total. The number of hydrogen-bond acceptors (Lipinski definition) is 3. The average Bonchev–Trinajstić information content (AvgIpc) is 3.86. The fourth-order valence-electron chi connectivity index (χ4n) is 10.2. The topological polar surface area (TPSA) is 24.6 Å². The van der Waals surface area contributed by atoms with Crippen molar-refractivity contribution < 1.29 is 4.42 Å². The first-order valence-electron chi connectivity index (χ1n) is 20.6. The second kappa shape index (κ2) is 13.6. The highest BCUT2D eigenvalue weighted by atomic mass is 28.5. The highest BCUT2D eigenvalue weighted by Gasteiger charge is 2.75. The van der Waals surface area contributed by atoms with Gasteiger partial charge < -0.3 is 17.4 Å². The molecule has 0 bridgehead atoms. The minimum absolute atomic E-state index is 0.898. The number of nitrogens with zero attached hydrogens (tertiary/aromatic N) is 3. The van der Waals surface area contributed by atoms with Crippen molar-refractivity contribution in [1.82, 2.24) is 4.57 Å². The third-order valence-corrected chi connectivity index (χ3v) is 24.6. The van der Waals surface area contributed by atoms with Gasteiger partial charge in [-0.3, -0.25) is 0 Å². The van der Waals surface area contributed by atoms with Crippen molar-refractivity contribution in [3.8, 4) is 5.69 Å². The van der Waals surface area contributed by atoms with Gasteiger partial charge in [0, 0.05) is 38.6 Å². The van der Waals surface area contributed by atoms with Gasteiger partial charge in [0.25, 0.3) is 0 Å². The molecule has 0 saturated carbocycles. The van der Waals surface area contributed by atoms with Crippen LogP contribution >= 0.6 is 0 Å². The molecule has 0 radical (unpaired) electrons. The van der Waals surface area contributed by atoms with E-state index in [1.165, 1.54) is 53.9 Å². The molecule has 6 heteroatoms. The highest BCUT2D eigenvalue weighted by molar-refractivity contribution is 7.38. The molecule has 1 aliphatic rings. The Balaban J connectivity index is 1.23. The Morgan fingerprint density at radius 2 is 0.683 bits per heavy atom. The van der Waals surface area contributed by atoms with Crippen LogP contribution in [0.15, 0.2) is 241 Å². The van der Waals surface area contributed by atoms with Gasteiger partial charge in [-0.05, 0) is 75.3 Å². The Bertz CT molecular complexity index is 3120. The minimum atomic E-state index is -3.20. The number of benzene rings is 9. The summed E-state index contributed by atoms with van der Waals surface area (Å²) in [6.45, 7) is 0. The summed E-state index contributed by atoms with van der Waals surface area (Å²) in [4.78, 5) is 0. The van der Waals surface area contributed by atoms with E-state index in [0.29, 0.717) is 0 Å². The lowest BCUT2D eigenvalue weighted by Gasteiger charge is -2.73. The van der Waals surface area contributed by atoms with Crippen LogP contribution in [0.4, 0.5) is 11.4 Å². The van der Waals surface area contributed by atoms with E-state index in [4.69, 9.17) is 4.42 Å². The van der Waals surface area contributed by atoms with E-state index in [0.717, 1.165) is 27.6 Å². The molecule has 9 aromatic carbocycles. The van der Waals surface area contributed by atoms with Crippen molar-refractivity contribution in [2.24, 2.45) is 0 Å². The smallest absolute Gasteiger partial charge is 0.318 e. The van der Waals surface area contributed by atoms with Crippen molar-refractivity contribution in [3.63, 3.8) is 0 Å². The van der Waals surface area contributed by atoms with Crippen molar-refractivity contribution in [3.05, 3.63) is 237 Å². The molecular weight excluding hydrogens is 763 g/mol. The van der Waals surface area contributed by atoms with Gasteiger partial charge >= 0.3 is 16.8 Å². The lowest BCUT2D eigenvalue weighted by Crippen LogP contribution is -3.07. The van der Waals surface area contributed by atoms with E-state index >= 15 is 0 Å². The highest BCUT2D eigenvalue weighted by Crippen LogP contribution is 2.47. The number of hydrogen-bond donors (Lipinski definition) is 0. The van der Waals surface area contributed by atoms with E-state index in [2.05, 4.69) is 250 Å². The lowest BCUT2D eigenvalue weighted by atomic mass is 10.1. The number of para-hydroxylation sites is 3. The Morgan fingerprint density at radius 3 is 1.20 bits per heavy atom. The minimum Gasteiger partial charge on any atom is -0.456 e.